The molecule has 2 heteroatoms. The van der Waals surface area contributed by atoms with E-state index in [1.54, 1.807) is 0 Å². The summed E-state index contributed by atoms with van der Waals surface area (Å²) in [5, 5.41) is 0. The maximum absolute atomic E-state index is 12.3. The second-order valence-electron chi connectivity index (χ2n) is 8.82. The third kappa shape index (κ3) is 0.959. The van der Waals surface area contributed by atoms with E-state index in [9.17, 15) is 4.79 Å². The Labute approximate surface area is 126 Å². The molecule has 21 heavy (non-hydrogen) atoms. The number of carbonyl (C=O) groups excluding carboxylic acids is 1. The molecule has 1 amide bonds. The standard InChI is InChI=1S/C19H23NO/c1-16(2)13-8-17(15(20)21)10-18(12-6-4-3-5-7-12)9-14(16)19(13,18)11-17/h3-7,13-14H,8-11H2,1-2H3,(H2,20,21). The fraction of sp³-hybridized carbons (Fsp3) is 0.632. The zero-order valence-electron chi connectivity index (χ0n) is 12.9. The van der Waals surface area contributed by atoms with Crippen molar-refractivity contribution in [2.45, 2.75) is 44.9 Å². The first-order chi connectivity index (χ1) is 9.89. The van der Waals surface area contributed by atoms with Gasteiger partial charge in [-0.1, -0.05) is 44.2 Å². The monoisotopic (exact) mass is 281 g/mol. The number of fused-ring (bicyclic) bond motifs is 1. The van der Waals surface area contributed by atoms with E-state index < -0.39 is 0 Å². The first-order valence-corrected chi connectivity index (χ1v) is 8.25. The van der Waals surface area contributed by atoms with Gasteiger partial charge in [-0.2, -0.15) is 0 Å². The van der Waals surface area contributed by atoms with E-state index in [1.165, 1.54) is 12.0 Å². The van der Waals surface area contributed by atoms with E-state index in [-0.39, 0.29) is 16.7 Å². The molecule has 1 aromatic rings. The third-order valence-electron chi connectivity index (χ3n) is 8.20. The molecule has 5 rings (SSSR count). The lowest BCUT2D eigenvalue weighted by atomic mass is 9.23. The average molecular weight is 281 g/mol. The van der Waals surface area contributed by atoms with Crippen LogP contribution in [0.2, 0.25) is 0 Å². The highest BCUT2D eigenvalue weighted by Gasteiger charge is 2.89. The molecule has 0 heterocycles. The smallest absolute Gasteiger partial charge is 0.223 e. The van der Waals surface area contributed by atoms with Gasteiger partial charge in [-0.15, -0.1) is 0 Å². The molecule has 5 atom stereocenters. The van der Waals surface area contributed by atoms with Crippen LogP contribution < -0.4 is 5.73 Å². The molecule has 2 N–H and O–H groups in total. The fourth-order valence-corrected chi connectivity index (χ4v) is 7.59. The molecule has 2 bridgehead atoms. The van der Waals surface area contributed by atoms with Crippen LogP contribution in [-0.4, -0.2) is 5.91 Å². The van der Waals surface area contributed by atoms with Crippen LogP contribution >= 0.6 is 0 Å². The van der Waals surface area contributed by atoms with Crippen molar-refractivity contribution >= 4 is 5.91 Å². The summed E-state index contributed by atoms with van der Waals surface area (Å²) in [5.74, 6) is 1.44. The number of amides is 1. The van der Waals surface area contributed by atoms with Gasteiger partial charge in [0.1, 0.15) is 0 Å². The third-order valence-corrected chi connectivity index (χ3v) is 8.20. The average Bonchev–Trinajstić information content (AvgIpc) is 2.92. The van der Waals surface area contributed by atoms with Crippen LogP contribution in [0.5, 0.6) is 0 Å². The van der Waals surface area contributed by atoms with Gasteiger partial charge in [-0.3, -0.25) is 4.79 Å². The summed E-state index contributed by atoms with van der Waals surface area (Å²) in [6.45, 7) is 4.83. The van der Waals surface area contributed by atoms with Crippen LogP contribution in [0, 0.1) is 28.1 Å². The molecule has 2 nitrogen and oxygen atoms in total. The van der Waals surface area contributed by atoms with Gasteiger partial charge in [0, 0.05) is 5.41 Å². The number of hydrogen-bond acceptors (Lipinski definition) is 1. The van der Waals surface area contributed by atoms with Gasteiger partial charge in [0.25, 0.3) is 0 Å². The molecule has 4 saturated carbocycles. The summed E-state index contributed by atoms with van der Waals surface area (Å²) in [6, 6.07) is 10.9. The van der Waals surface area contributed by atoms with Crippen molar-refractivity contribution < 1.29 is 4.79 Å². The number of benzene rings is 1. The Bertz CT molecular complexity index is 665. The maximum Gasteiger partial charge on any atom is 0.223 e. The highest BCUT2D eigenvalue weighted by atomic mass is 16.1. The number of nitrogens with two attached hydrogens (primary N) is 1. The Morgan fingerprint density at radius 2 is 1.76 bits per heavy atom. The van der Waals surface area contributed by atoms with E-state index in [2.05, 4.69) is 44.2 Å². The SMILES string of the molecule is CC1(C)C2CC3(C(N)=O)CC4(c5ccccc5)CC1C24C3. The summed E-state index contributed by atoms with van der Waals surface area (Å²) in [5.41, 5.74) is 8.15. The zero-order chi connectivity index (χ0) is 14.7. The zero-order valence-corrected chi connectivity index (χ0v) is 12.9. The molecule has 4 fully saturated rings. The van der Waals surface area contributed by atoms with Crippen LogP contribution in [0.4, 0.5) is 0 Å². The number of carbonyl (C=O) groups is 1. The Balaban J connectivity index is 1.70. The highest BCUT2D eigenvalue weighted by Crippen LogP contribution is 2.93. The molecule has 0 saturated heterocycles. The lowest BCUT2D eigenvalue weighted by molar-refractivity contribution is -0.291. The van der Waals surface area contributed by atoms with Crippen LogP contribution in [0.15, 0.2) is 30.3 Å². The minimum Gasteiger partial charge on any atom is -0.369 e. The molecule has 110 valence electrons. The van der Waals surface area contributed by atoms with Crippen LogP contribution in [-0.2, 0) is 10.2 Å². The van der Waals surface area contributed by atoms with Gasteiger partial charge >= 0.3 is 0 Å². The normalized spacial score (nSPS) is 51.0. The number of hydrogen-bond donors (Lipinski definition) is 1. The van der Waals surface area contributed by atoms with E-state index in [1.807, 2.05) is 0 Å². The second-order valence-corrected chi connectivity index (χ2v) is 8.82. The molecule has 0 radical (unpaired) electrons. The van der Waals surface area contributed by atoms with E-state index in [0.717, 1.165) is 25.2 Å². The lowest BCUT2D eigenvalue weighted by Crippen LogP contribution is -2.76. The summed E-state index contributed by atoms with van der Waals surface area (Å²) < 4.78 is 0. The van der Waals surface area contributed by atoms with Gasteiger partial charge in [0.2, 0.25) is 5.91 Å². The van der Waals surface area contributed by atoms with E-state index in [0.29, 0.717) is 16.7 Å². The van der Waals surface area contributed by atoms with Crippen molar-refractivity contribution in [2.75, 3.05) is 0 Å². The molecule has 1 spiro atoms. The Morgan fingerprint density at radius 1 is 1.10 bits per heavy atom. The van der Waals surface area contributed by atoms with Gasteiger partial charge in [-0.25, -0.2) is 0 Å². The predicted molar refractivity (Wildman–Crippen MR) is 81.4 cm³/mol. The van der Waals surface area contributed by atoms with Crippen LogP contribution in [0.1, 0.15) is 45.1 Å². The summed E-state index contributed by atoms with van der Waals surface area (Å²) in [6.07, 6.45) is 4.36. The Hall–Kier alpha value is -1.31. The second kappa shape index (κ2) is 3.06. The number of rotatable bonds is 2. The lowest BCUT2D eigenvalue weighted by Gasteiger charge is -2.80. The maximum atomic E-state index is 12.3. The van der Waals surface area contributed by atoms with E-state index >= 15 is 0 Å². The Kier molecular flexibility index (Phi) is 1.79. The van der Waals surface area contributed by atoms with Crippen molar-refractivity contribution in [1.82, 2.24) is 0 Å². The molecule has 4 aliphatic rings. The van der Waals surface area contributed by atoms with Crippen molar-refractivity contribution in [2.24, 2.45) is 33.8 Å². The quantitative estimate of drug-likeness (QED) is 0.888. The molecular weight excluding hydrogens is 258 g/mol. The molecule has 1 aromatic carbocycles. The number of primary amides is 1. The van der Waals surface area contributed by atoms with Gasteiger partial charge in [0.05, 0.1) is 5.41 Å². The van der Waals surface area contributed by atoms with Crippen molar-refractivity contribution in [3.8, 4) is 0 Å². The summed E-state index contributed by atoms with van der Waals surface area (Å²) in [4.78, 5) is 12.3. The van der Waals surface area contributed by atoms with Crippen molar-refractivity contribution in [1.29, 1.82) is 0 Å². The van der Waals surface area contributed by atoms with Gasteiger partial charge < -0.3 is 5.73 Å². The van der Waals surface area contributed by atoms with Gasteiger partial charge in [0.15, 0.2) is 0 Å². The molecule has 0 aliphatic heterocycles. The van der Waals surface area contributed by atoms with Gasteiger partial charge in [-0.05, 0) is 53.9 Å². The Morgan fingerprint density at radius 3 is 2.43 bits per heavy atom. The topological polar surface area (TPSA) is 43.1 Å². The summed E-state index contributed by atoms with van der Waals surface area (Å²) >= 11 is 0. The summed E-state index contributed by atoms with van der Waals surface area (Å²) in [7, 11) is 0. The fourth-order valence-electron chi connectivity index (χ4n) is 7.59. The molecular formula is C19H23NO. The minimum absolute atomic E-state index is 0.0365. The highest BCUT2D eigenvalue weighted by molar-refractivity contribution is 5.83. The van der Waals surface area contributed by atoms with Crippen molar-refractivity contribution in [3.05, 3.63) is 35.9 Å². The first-order valence-electron chi connectivity index (χ1n) is 8.25. The van der Waals surface area contributed by atoms with E-state index in [4.69, 9.17) is 5.73 Å². The van der Waals surface area contributed by atoms with Crippen LogP contribution in [0.3, 0.4) is 0 Å². The van der Waals surface area contributed by atoms with Crippen molar-refractivity contribution in [3.63, 3.8) is 0 Å². The first kappa shape index (κ1) is 12.3. The van der Waals surface area contributed by atoms with Crippen LogP contribution in [0.25, 0.3) is 0 Å². The predicted octanol–water partition coefficient (Wildman–Crippen LogP) is 3.26. The molecule has 5 unspecified atom stereocenters. The largest absolute Gasteiger partial charge is 0.369 e. The molecule has 0 aromatic heterocycles. The molecule has 4 aliphatic carbocycles. The minimum atomic E-state index is -0.219.